The van der Waals surface area contributed by atoms with Gasteiger partial charge in [0.05, 0.1) is 5.69 Å². The van der Waals surface area contributed by atoms with Gasteiger partial charge in [-0.3, -0.25) is 0 Å². The Morgan fingerprint density at radius 2 is 1.95 bits per heavy atom. The summed E-state index contributed by atoms with van der Waals surface area (Å²) in [5.41, 5.74) is 3.33. The van der Waals surface area contributed by atoms with Crippen molar-refractivity contribution in [2.45, 2.75) is 47.0 Å². The Morgan fingerprint density at radius 1 is 1.15 bits per heavy atom. The third-order valence-electron chi connectivity index (χ3n) is 3.36. The molecule has 0 fully saturated rings. The molecule has 0 spiro atoms. The van der Waals surface area contributed by atoms with E-state index in [0.717, 1.165) is 48.7 Å². The van der Waals surface area contributed by atoms with Crippen LogP contribution in [0.1, 0.15) is 44.1 Å². The zero-order valence-electron chi connectivity index (χ0n) is 12.8. The van der Waals surface area contributed by atoms with Crippen molar-refractivity contribution in [3.05, 3.63) is 29.3 Å². The molecule has 2 aromatic rings. The highest BCUT2D eigenvalue weighted by Gasteiger charge is 2.13. The van der Waals surface area contributed by atoms with E-state index >= 15 is 0 Å². The van der Waals surface area contributed by atoms with Gasteiger partial charge in [0.25, 0.3) is 0 Å². The molecule has 2 rings (SSSR count). The summed E-state index contributed by atoms with van der Waals surface area (Å²) in [6, 6.07) is 2.15. The standard InChI is InChI=1S/C15H23N5/c1-5-8-16-14-11(4)15(18-10-17-14)20-13(7-3)9-12(6-2)19-20/h9-10H,5-8H2,1-4H3,(H,16,17,18). The summed E-state index contributed by atoms with van der Waals surface area (Å²) in [6.07, 6.45) is 4.55. The van der Waals surface area contributed by atoms with E-state index < -0.39 is 0 Å². The number of hydrogen-bond acceptors (Lipinski definition) is 4. The third kappa shape index (κ3) is 2.81. The molecule has 5 heteroatoms. The van der Waals surface area contributed by atoms with Crippen LogP contribution in [0.3, 0.4) is 0 Å². The number of nitrogens with one attached hydrogen (secondary N) is 1. The van der Waals surface area contributed by atoms with Gasteiger partial charge in [0, 0.05) is 17.8 Å². The Kier molecular flexibility index (Phi) is 4.71. The van der Waals surface area contributed by atoms with Crippen molar-refractivity contribution in [2.75, 3.05) is 11.9 Å². The van der Waals surface area contributed by atoms with Gasteiger partial charge in [-0.1, -0.05) is 20.8 Å². The number of aryl methyl sites for hydroxylation is 2. The van der Waals surface area contributed by atoms with Crippen LogP contribution < -0.4 is 5.32 Å². The van der Waals surface area contributed by atoms with E-state index in [-0.39, 0.29) is 0 Å². The molecule has 0 aliphatic rings. The lowest BCUT2D eigenvalue weighted by Crippen LogP contribution is -2.11. The number of hydrogen-bond donors (Lipinski definition) is 1. The van der Waals surface area contributed by atoms with E-state index in [1.165, 1.54) is 5.69 Å². The fraction of sp³-hybridized carbons (Fsp3) is 0.533. The molecule has 5 nitrogen and oxygen atoms in total. The van der Waals surface area contributed by atoms with Gasteiger partial charge in [-0.25, -0.2) is 14.6 Å². The van der Waals surface area contributed by atoms with Gasteiger partial charge in [-0.2, -0.15) is 5.10 Å². The van der Waals surface area contributed by atoms with Crippen LogP contribution in [0, 0.1) is 6.92 Å². The fourth-order valence-corrected chi connectivity index (χ4v) is 2.16. The van der Waals surface area contributed by atoms with Crippen LogP contribution in [-0.4, -0.2) is 26.3 Å². The third-order valence-corrected chi connectivity index (χ3v) is 3.36. The Morgan fingerprint density at radius 3 is 2.60 bits per heavy atom. The van der Waals surface area contributed by atoms with Crippen LogP contribution in [-0.2, 0) is 12.8 Å². The first-order chi connectivity index (χ1) is 9.71. The van der Waals surface area contributed by atoms with Gasteiger partial charge in [-0.05, 0) is 32.3 Å². The maximum Gasteiger partial charge on any atom is 0.162 e. The molecule has 0 aromatic carbocycles. The highest BCUT2D eigenvalue weighted by atomic mass is 15.3. The Balaban J connectivity index is 2.44. The summed E-state index contributed by atoms with van der Waals surface area (Å²) in [5.74, 6) is 1.77. The molecule has 0 bridgehead atoms. The van der Waals surface area contributed by atoms with Crippen molar-refractivity contribution in [2.24, 2.45) is 0 Å². The van der Waals surface area contributed by atoms with Gasteiger partial charge in [0.15, 0.2) is 5.82 Å². The second-order valence-corrected chi connectivity index (χ2v) is 4.84. The summed E-state index contributed by atoms with van der Waals surface area (Å²) in [4.78, 5) is 8.74. The lowest BCUT2D eigenvalue weighted by atomic mass is 10.2. The van der Waals surface area contributed by atoms with Crippen LogP contribution >= 0.6 is 0 Å². The average Bonchev–Trinajstić information content (AvgIpc) is 2.89. The van der Waals surface area contributed by atoms with Crippen molar-refractivity contribution < 1.29 is 0 Å². The van der Waals surface area contributed by atoms with Crippen LogP contribution in [0.5, 0.6) is 0 Å². The predicted molar refractivity (Wildman–Crippen MR) is 81.4 cm³/mol. The second-order valence-electron chi connectivity index (χ2n) is 4.84. The molecular formula is C15H23N5. The first kappa shape index (κ1) is 14.5. The zero-order chi connectivity index (χ0) is 14.5. The highest BCUT2D eigenvalue weighted by Crippen LogP contribution is 2.20. The lowest BCUT2D eigenvalue weighted by Gasteiger charge is -2.12. The molecule has 20 heavy (non-hydrogen) atoms. The quantitative estimate of drug-likeness (QED) is 0.879. The molecule has 0 unspecified atom stereocenters. The van der Waals surface area contributed by atoms with E-state index in [0.29, 0.717) is 0 Å². The smallest absolute Gasteiger partial charge is 0.162 e. The summed E-state index contributed by atoms with van der Waals surface area (Å²) >= 11 is 0. The molecule has 0 amide bonds. The minimum atomic E-state index is 0.871. The topological polar surface area (TPSA) is 55.6 Å². The number of rotatable bonds is 6. The molecule has 108 valence electrons. The van der Waals surface area contributed by atoms with Crippen LogP contribution in [0.25, 0.3) is 5.82 Å². The zero-order valence-corrected chi connectivity index (χ0v) is 12.8. The minimum Gasteiger partial charge on any atom is -0.370 e. The molecule has 0 radical (unpaired) electrons. The monoisotopic (exact) mass is 273 g/mol. The molecule has 0 saturated carbocycles. The maximum absolute atomic E-state index is 4.65. The van der Waals surface area contributed by atoms with E-state index in [4.69, 9.17) is 0 Å². The van der Waals surface area contributed by atoms with Gasteiger partial charge in [0.2, 0.25) is 0 Å². The van der Waals surface area contributed by atoms with E-state index in [2.05, 4.69) is 47.2 Å². The van der Waals surface area contributed by atoms with Gasteiger partial charge < -0.3 is 5.32 Å². The predicted octanol–water partition coefficient (Wildman–Crippen LogP) is 2.92. The summed E-state index contributed by atoms with van der Waals surface area (Å²) in [5, 5.41) is 7.99. The summed E-state index contributed by atoms with van der Waals surface area (Å²) < 4.78 is 1.95. The second kappa shape index (κ2) is 6.50. The van der Waals surface area contributed by atoms with Gasteiger partial charge in [-0.15, -0.1) is 0 Å². The number of aromatic nitrogens is 4. The average molecular weight is 273 g/mol. The molecular weight excluding hydrogens is 250 g/mol. The van der Waals surface area contributed by atoms with Gasteiger partial charge in [0.1, 0.15) is 12.1 Å². The Bertz CT molecular complexity index is 574. The molecule has 0 saturated heterocycles. The maximum atomic E-state index is 4.65. The van der Waals surface area contributed by atoms with Crippen molar-refractivity contribution in [3.8, 4) is 5.82 Å². The largest absolute Gasteiger partial charge is 0.370 e. The van der Waals surface area contributed by atoms with E-state index in [1.807, 2.05) is 11.6 Å². The highest BCUT2D eigenvalue weighted by molar-refractivity contribution is 5.51. The van der Waals surface area contributed by atoms with Crippen LogP contribution in [0.15, 0.2) is 12.4 Å². The molecule has 2 heterocycles. The van der Waals surface area contributed by atoms with Crippen molar-refractivity contribution >= 4 is 5.82 Å². The molecule has 0 atom stereocenters. The normalized spacial score (nSPS) is 10.8. The number of nitrogens with zero attached hydrogens (tertiary/aromatic N) is 4. The van der Waals surface area contributed by atoms with Crippen molar-refractivity contribution in [1.29, 1.82) is 0 Å². The molecule has 0 aliphatic heterocycles. The summed E-state index contributed by atoms with van der Waals surface area (Å²) in [7, 11) is 0. The minimum absolute atomic E-state index is 0.871. The number of anilines is 1. The Hall–Kier alpha value is -1.91. The van der Waals surface area contributed by atoms with Crippen LogP contribution in [0.2, 0.25) is 0 Å². The van der Waals surface area contributed by atoms with Crippen molar-refractivity contribution in [3.63, 3.8) is 0 Å². The molecule has 0 aliphatic carbocycles. The molecule has 1 N–H and O–H groups in total. The Labute approximate surface area is 120 Å². The lowest BCUT2D eigenvalue weighted by molar-refractivity contribution is 0.762. The SMILES string of the molecule is CCCNc1ncnc(-n2nc(CC)cc2CC)c1C. The van der Waals surface area contributed by atoms with Crippen LogP contribution in [0.4, 0.5) is 5.82 Å². The van der Waals surface area contributed by atoms with E-state index in [9.17, 15) is 0 Å². The molecule has 2 aromatic heterocycles. The fourth-order valence-electron chi connectivity index (χ4n) is 2.16. The first-order valence-electron chi connectivity index (χ1n) is 7.34. The summed E-state index contributed by atoms with van der Waals surface area (Å²) in [6.45, 7) is 9.35. The van der Waals surface area contributed by atoms with E-state index in [1.54, 1.807) is 6.33 Å². The first-order valence-corrected chi connectivity index (χ1v) is 7.34. The van der Waals surface area contributed by atoms with Gasteiger partial charge >= 0.3 is 0 Å². The van der Waals surface area contributed by atoms with Crippen molar-refractivity contribution in [1.82, 2.24) is 19.7 Å².